The summed E-state index contributed by atoms with van der Waals surface area (Å²) in [6.07, 6.45) is 0. The van der Waals surface area contributed by atoms with Gasteiger partial charge in [-0.3, -0.25) is 9.59 Å². The Bertz CT molecular complexity index is 582. The van der Waals surface area contributed by atoms with Crippen LogP contribution in [0.3, 0.4) is 0 Å². The van der Waals surface area contributed by atoms with Crippen LogP contribution in [0, 0.1) is 19.8 Å². The van der Waals surface area contributed by atoms with Crippen molar-refractivity contribution < 1.29 is 19.5 Å². The predicted octanol–water partition coefficient (Wildman–Crippen LogP) is 1.26. The lowest BCUT2D eigenvalue weighted by Crippen LogP contribution is -2.48. The largest absolute Gasteiger partial charge is 0.480 e. The molecule has 6 nitrogen and oxygen atoms in total. The highest BCUT2D eigenvalue weighted by Crippen LogP contribution is 2.09. The van der Waals surface area contributed by atoms with Gasteiger partial charge in [0, 0.05) is 5.56 Å². The molecule has 3 N–H and O–H groups in total. The van der Waals surface area contributed by atoms with Gasteiger partial charge in [0.25, 0.3) is 5.91 Å². The van der Waals surface area contributed by atoms with E-state index in [2.05, 4.69) is 10.6 Å². The fourth-order valence-corrected chi connectivity index (χ4v) is 1.88. The van der Waals surface area contributed by atoms with Gasteiger partial charge in [0.1, 0.15) is 6.04 Å². The summed E-state index contributed by atoms with van der Waals surface area (Å²) < 4.78 is 0. The molecule has 1 rings (SSSR count). The van der Waals surface area contributed by atoms with Gasteiger partial charge in [-0.05, 0) is 43.0 Å². The number of benzene rings is 1. The second kappa shape index (κ2) is 7.59. The van der Waals surface area contributed by atoms with E-state index in [1.807, 2.05) is 19.9 Å². The number of carbonyl (C=O) groups excluding carboxylic acids is 2. The first-order chi connectivity index (χ1) is 10.2. The zero-order chi connectivity index (χ0) is 16.9. The molecule has 0 saturated carbocycles. The zero-order valence-corrected chi connectivity index (χ0v) is 13.3. The van der Waals surface area contributed by atoms with Crippen molar-refractivity contribution in [2.75, 3.05) is 6.54 Å². The van der Waals surface area contributed by atoms with E-state index in [0.29, 0.717) is 5.56 Å². The second-order valence-electron chi connectivity index (χ2n) is 5.61. The van der Waals surface area contributed by atoms with Gasteiger partial charge in [-0.1, -0.05) is 19.9 Å². The van der Waals surface area contributed by atoms with Gasteiger partial charge >= 0.3 is 5.97 Å². The number of carboxylic acids is 1. The van der Waals surface area contributed by atoms with Crippen molar-refractivity contribution in [1.29, 1.82) is 0 Å². The fourth-order valence-electron chi connectivity index (χ4n) is 1.88. The molecule has 0 aliphatic carbocycles. The van der Waals surface area contributed by atoms with Gasteiger partial charge in [-0.25, -0.2) is 4.79 Å². The van der Waals surface area contributed by atoms with E-state index in [0.717, 1.165) is 11.1 Å². The van der Waals surface area contributed by atoms with Crippen molar-refractivity contribution in [2.24, 2.45) is 5.92 Å². The molecule has 0 aromatic heterocycles. The standard InChI is InChI=1S/C16H22N2O4/c1-9(2)14(16(21)22)18-13(19)8-17-15(20)12-6-5-10(3)11(4)7-12/h5-7,9,14H,8H2,1-4H3,(H,17,20)(H,18,19)(H,21,22)/t14-/m1/s1. The van der Waals surface area contributed by atoms with Gasteiger partial charge < -0.3 is 15.7 Å². The Kier molecular flexibility index (Phi) is 6.10. The van der Waals surface area contributed by atoms with E-state index in [4.69, 9.17) is 5.11 Å². The lowest BCUT2D eigenvalue weighted by molar-refractivity contribution is -0.142. The first-order valence-electron chi connectivity index (χ1n) is 7.10. The van der Waals surface area contributed by atoms with Crippen LogP contribution in [-0.2, 0) is 9.59 Å². The maximum absolute atomic E-state index is 12.0. The van der Waals surface area contributed by atoms with Crippen LogP contribution in [0.2, 0.25) is 0 Å². The Hall–Kier alpha value is -2.37. The van der Waals surface area contributed by atoms with Gasteiger partial charge in [-0.2, -0.15) is 0 Å². The number of nitrogens with one attached hydrogen (secondary N) is 2. The van der Waals surface area contributed by atoms with Crippen LogP contribution in [0.5, 0.6) is 0 Å². The Morgan fingerprint density at radius 1 is 1.14 bits per heavy atom. The Balaban J connectivity index is 2.58. The average molecular weight is 306 g/mol. The number of carbonyl (C=O) groups is 3. The summed E-state index contributed by atoms with van der Waals surface area (Å²) in [4.78, 5) is 34.7. The highest BCUT2D eigenvalue weighted by molar-refractivity contribution is 5.97. The van der Waals surface area contributed by atoms with Crippen LogP contribution >= 0.6 is 0 Å². The molecular formula is C16H22N2O4. The monoisotopic (exact) mass is 306 g/mol. The average Bonchev–Trinajstić information content (AvgIpc) is 2.44. The molecule has 0 aliphatic rings. The molecule has 0 aliphatic heterocycles. The summed E-state index contributed by atoms with van der Waals surface area (Å²) in [6.45, 7) is 6.99. The highest BCUT2D eigenvalue weighted by atomic mass is 16.4. The van der Waals surface area contributed by atoms with E-state index in [9.17, 15) is 14.4 Å². The lowest BCUT2D eigenvalue weighted by Gasteiger charge is -2.18. The Labute approximate surface area is 129 Å². The molecule has 0 fully saturated rings. The molecule has 0 radical (unpaired) electrons. The SMILES string of the molecule is Cc1ccc(C(=O)NCC(=O)N[C@@H](C(=O)O)C(C)C)cc1C. The minimum absolute atomic E-state index is 0.239. The van der Waals surface area contributed by atoms with Crippen molar-refractivity contribution in [2.45, 2.75) is 33.7 Å². The minimum Gasteiger partial charge on any atom is -0.480 e. The normalized spacial score (nSPS) is 11.9. The molecule has 1 atom stereocenters. The molecule has 0 bridgehead atoms. The van der Waals surface area contributed by atoms with Crippen LogP contribution in [0.4, 0.5) is 0 Å². The minimum atomic E-state index is -1.09. The van der Waals surface area contributed by atoms with Crippen LogP contribution in [0.25, 0.3) is 0 Å². The molecule has 0 unspecified atom stereocenters. The smallest absolute Gasteiger partial charge is 0.326 e. The van der Waals surface area contributed by atoms with Crippen molar-refractivity contribution in [3.05, 3.63) is 34.9 Å². The van der Waals surface area contributed by atoms with Gasteiger partial charge in [0.2, 0.25) is 5.91 Å². The summed E-state index contributed by atoms with van der Waals surface area (Å²) in [6, 6.07) is 4.30. The number of amides is 2. The first kappa shape index (κ1) is 17.7. The predicted molar refractivity (Wildman–Crippen MR) is 82.7 cm³/mol. The first-order valence-corrected chi connectivity index (χ1v) is 7.10. The van der Waals surface area contributed by atoms with E-state index in [-0.39, 0.29) is 18.4 Å². The molecule has 22 heavy (non-hydrogen) atoms. The number of hydrogen-bond donors (Lipinski definition) is 3. The summed E-state index contributed by atoms with van der Waals surface area (Å²) in [7, 11) is 0. The molecule has 0 heterocycles. The summed E-state index contributed by atoms with van der Waals surface area (Å²) >= 11 is 0. The van der Waals surface area contributed by atoms with Gasteiger partial charge in [0.05, 0.1) is 6.54 Å². The maximum Gasteiger partial charge on any atom is 0.326 e. The third kappa shape index (κ3) is 4.87. The lowest BCUT2D eigenvalue weighted by atomic mass is 10.0. The van der Waals surface area contributed by atoms with Gasteiger partial charge in [-0.15, -0.1) is 0 Å². The van der Waals surface area contributed by atoms with E-state index in [1.54, 1.807) is 26.0 Å². The maximum atomic E-state index is 12.0. The summed E-state index contributed by atoms with van der Waals surface area (Å²) in [5.41, 5.74) is 2.54. The van der Waals surface area contributed by atoms with Crippen molar-refractivity contribution in [3.63, 3.8) is 0 Å². The van der Waals surface area contributed by atoms with Gasteiger partial charge in [0.15, 0.2) is 0 Å². The molecule has 1 aromatic rings. The molecule has 2 amide bonds. The number of aliphatic carboxylic acids is 1. The summed E-state index contributed by atoms with van der Waals surface area (Å²) in [5.74, 6) is -2.23. The van der Waals surface area contributed by atoms with Crippen LogP contribution in [0.15, 0.2) is 18.2 Å². The van der Waals surface area contributed by atoms with E-state index in [1.165, 1.54) is 0 Å². The van der Waals surface area contributed by atoms with Crippen LogP contribution < -0.4 is 10.6 Å². The molecule has 0 saturated heterocycles. The number of hydrogen-bond acceptors (Lipinski definition) is 3. The fraction of sp³-hybridized carbons (Fsp3) is 0.438. The Morgan fingerprint density at radius 2 is 1.77 bits per heavy atom. The number of rotatable bonds is 6. The molecule has 0 spiro atoms. The molecule has 6 heteroatoms. The zero-order valence-electron chi connectivity index (χ0n) is 13.3. The van der Waals surface area contributed by atoms with Crippen LogP contribution in [-0.4, -0.2) is 35.5 Å². The van der Waals surface area contributed by atoms with E-state index < -0.39 is 17.9 Å². The summed E-state index contributed by atoms with van der Waals surface area (Å²) in [5, 5.41) is 13.9. The third-order valence-electron chi connectivity index (χ3n) is 3.43. The third-order valence-corrected chi connectivity index (χ3v) is 3.43. The number of carboxylic acid groups (broad SMARTS) is 1. The second-order valence-corrected chi connectivity index (χ2v) is 5.61. The van der Waals surface area contributed by atoms with Crippen molar-refractivity contribution in [3.8, 4) is 0 Å². The molecule has 120 valence electrons. The van der Waals surface area contributed by atoms with Crippen LogP contribution in [0.1, 0.15) is 35.3 Å². The quantitative estimate of drug-likeness (QED) is 0.737. The number of aryl methyl sites for hydroxylation is 2. The van der Waals surface area contributed by atoms with Crippen molar-refractivity contribution in [1.82, 2.24) is 10.6 Å². The van der Waals surface area contributed by atoms with E-state index >= 15 is 0 Å². The topological polar surface area (TPSA) is 95.5 Å². The Morgan fingerprint density at radius 3 is 2.27 bits per heavy atom. The highest BCUT2D eigenvalue weighted by Gasteiger charge is 2.23. The van der Waals surface area contributed by atoms with Crippen molar-refractivity contribution >= 4 is 17.8 Å². The molecular weight excluding hydrogens is 284 g/mol. The molecule has 1 aromatic carbocycles.